The van der Waals surface area contributed by atoms with Crippen molar-refractivity contribution in [1.29, 1.82) is 0 Å². The van der Waals surface area contributed by atoms with Crippen LogP contribution in [0.5, 0.6) is 0 Å². The molecule has 1 amide bonds. The maximum atomic E-state index is 11.1. The van der Waals surface area contributed by atoms with Gasteiger partial charge in [-0.3, -0.25) is 9.59 Å². The maximum Gasteiger partial charge on any atom is 0.332 e. The molecular formula is C9H13NO4. The van der Waals surface area contributed by atoms with Gasteiger partial charge in [0.15, 0.2) is 5.78 Å². The Balaban J connectivity index is 4.73. The molecule has 0 saturated carbocycles. The maximum absolute atomic E-state index is 11.1. The number of rotatable bonds is 5. The zero-order chi connectivity index (χ0) is 11.3. The van der Waals surface area contributed by atoms with Crippen LogP contribution in [0.4, 0.5) is 0 Å². The van der Waals surface area contributed by atoms with Crippen LogP contribution < -0.4 is 5.73 Å². The van der Waals surface area contributed by atoms with E-state index in [4.69, 9.17) is 10.8 Å². The van der Waals surface area contributed by atoms with E-state index in [1.807, 2.05) is 0 Å². The fourth-order valence-corrected chi connectivity index (χ4v) is 0.714. The fourth-order valence-electron chi connectivity index (χ4n) is 0.714. The Morgan fingerprint density at radius 3 is 2.14 bits per heavy atom. The van der Waals surface area contributed by atoms with E-state index in [9.17, 15) is 14.4 Å². The number of hydrogen-bond acceptors (Lipinski definition) is 3. The first-order chi connectivity index (χ1) is 6.34. The van der Waals surface area contributed by atoms with E-state index in [1.165, 1.54) is 0 Å². The average molecular weight is 199 g/mol. The van der Waals surface area contributed by atoms with Gasteiger partial charge in [-0.15, -0.1) is 0 Å². The summed E-state index contributed by atoms with van der Waals surface area (Å²) in [6.45, 7) is 3.28. The van der Waals surface area contributed by atoms with Gasteiger partial charge < -0.3 is 10.8 Å². The van der Waals surface area contributed by atoms with Crippen molar-refractivity contribution in [1.82, 2.24) is 0 Å². The third kappa shape index (κ3) is 4.39. The highest BCUT2D eigenvalue weighted by Gasteiger charge is 2.13. The van der Waals surface area contributed by atoms with Crippen LogP contribution in [-0.4, -0.2) is 22.8 Å². The largest absolute Gasteiger partial charge is 0.478 e. The van der Waals surface area contributed by atoms with Gasteiger partial charge in [0.25, 0.3) is 0 Å². The van der Waals surface area contributed by atoms with Crippen LogP contribution in [0.25, 0.3) is 0 Å². The fraction of sp³-hybridized carbons (Fsp3) is 0.444. The Labute approximate surface area is 81.6 Å². The van der Waals surface area contributed by atoms with E-state index in [0.29, 0.717) is 0 Å². The van der Waals surface area contributed by atoms with Crippen LogP contribution in [0.2, 0.25) is 0 Å². The summed E-state index contributed by atoms with van der Waals surface area (Å²) in [7, 11) is 0. The molecule has 0 atom stereocenters. The summed E-state index contributed by atoms with van der Waals surface area (Å²) in [5.41, 5.74) is 4.56. The highest BCUT2D eigenvalue weighted by Crippen LogP contribution is 2.05. The third-order valence-corrected chi connectivity index (χ3v) is 1.52. The minimum Gasteiger partial charge on any atom is -0.478 e. The van der Waals surface area contributed by atoms with E-state index in [1.54, 1.807) is 13.8 Å². The molecule has 5 nitrogen and oxygen atoms in total. The predicted molar refractivity (Wildman–Crippen MR) is 49.4 cm³/mol. The monoisotopic (exact) mass is 199 g/mol. The quantitative estimate of drug-likeness (QED) is 0.613. The molecule has 14 heavy (non-hydrogen) atoms. The molecule has 0 aromatic heterocycles. The molecule has 0 fully saturated rings. The number of amides is 1. The molecule has 0 aliphatic heterocycles. The van der Waals surface area contributed by atoms with Crippen molar-refractivity contribution >= 4 is 17.7 Å². The third-order valence-electron chi connectivity index (χ3n) is 1.52. The summed E-state index contributed by atoms with van der Waals surface area (Å²) in [5.74, 6) is -2.69. The second-order valence-corrected chi connectivity index (χ2v) is 3.17. The molecule has 5 heteroatoms. The Bertz CT molecular complexity index is 291. The zero-order valence-electron chi connectivity index (χ0n) is 8.11. The Morgan fingerprint density at radius 1 is 1.36 bits per heavy atom. The molecule has 0 rings (SSSR count). The van der Waals surface area contributed by atoms with Crippen molar-refractivity contribution in [2.45, 2.75) is 20.3 Å². The standard InChI is InChI=1S/C9H13NO4/c1-5(2)7(11)3-6(9(13)14)4-8(10)12/h3,5H,4H2,1-2H3,(H2,10,12)(H,13,14)/b6-3-. The minimum atomic E-state index is -1.29. The van der Waals surface area contributed by atoms with E-state index >= 15 is 0 Å². The minimum absolute atomic E-state index is 0.267. The van der Waals surface area contributed by atoms with E-state index < -0.39 is 18.3 Å². The van der Waals surface area contributed by atoms with Gasteiger partial charge in [-0.1, -0.05) is 13.8 Å². The van der Waals surface area contributed by atoms with Crippen LogP contribution in [0.15, 0.2) is 11.6 Å². The first-order valence-electron chi connectivity index (χ1n) is 4.10. The zero-order valence-corrected chi connectivity index (χ0v) is 8.11. The lowest BCUT2D eigenvalue weighted by atomic mass is 10.0. The number of aliphatic carboxylic acids is 1. The summed E-state index contributed by atoms with van der Waals surface area (Å²) >= 11 is 0. The number of allylic oxidation sites excluding steroid dienone is 1. The van der Waals surface area contributed by atoms with Crippen LogP contribution >= 0.6 is 0 Å². The van der Waals surface area contributed by atoms with Crippen LogP contribution in [0, 0.1) is 5.92 Å². The van der Waals surface area contributed by atoms with Gasteiger partial charge in [0.2, 0.25) is 5.91 Å². The number of carboxylic acids is 1. The molecule has 0 unspecified atom stereocenters. The van der Waals surface area contributed by atoms with Crippen molar-refractivity contribution < 1.29 is 19.5 Å². The topological polar surface area (TPSA) is 97.5 Å². The van der Waals surface area contributed by atoms with Gasteiger partial charge >= 0.3 is 5.97 Å². The summed E-state index contributed by atoms with van der Waals surface area (Å²) < 4.78 is 0. The molecule has 0 radical (unpaired) electrons. The number of hydrogen-bond donors (Lipinski definition) is 2. The Hall–Kier alpha value is -1.65. The number of nitrogens with two attached hydrogens (primary N) is 1. The van der Waals surface area contributed by atoms with E-state index in [0.717, 1.165) is 6.08 Å². The molecule has 0 heterocycles. The molecular weight excluding hydrogens is 186 g/mol. The van der Waals surface area contributed by atoms with Gasteiger partial charge in [-0.05, 0) is 6.08 Å². The van der Waals surface area contributed by atoms with E-state index in [-0.39, 0.29) is 17.3 Å². The summed E-state index contributed by atoms with van der Waals surface area (Å²) in [5, 5.41) is 8.62. The first kappa shape index (κ1) is 12.3. The van der Waals surface area contributed by atoms with Crippen molar-refractivity contribution in [3.63, 3.8) is 0 Å². The lowest BCUT2D eigenvalue weighted by molar-refractivity contribution is -0.134. The highest BCUT2D eigenvalue weighted by atomic mass is 16.4. The van der Waals surface area contributed by atoms with Crippen LogP contribution in [0.3, 0.4) is 0 Å². The number of carboxylic acid groups (broad SMARTS) is 1. The normalized spacial score (nSPS) is 11.5. The number of carbonyl (C=O) groups excluding carboxylic acids is 2. The summed E-state index contributed by atoms with van der Waals surface area (Å²) in [6, 6.07) is 0. The molecule has 0 aliphatic rings. The lowest BCUT2D eigenvalue weighted by Gasteiger charge is -2.01. The average Bonchev–Trinajstić information content (AvgIpc) is 2.01. The first-order valence-corrected chi connectivity index (χ1v) is 4.10. The molecule has 0 aliphatic carbocycles. The van der Waals surface area contributed by atoms with Crippen molar-refractivity contribution in [2.75, 3.05) is 0 Å². The van der Waals surface area contributed by atoms with Crippen molar-refractivity contribution in [3.8, 4) is 0 Å². The number of carbonyl (C=O) groups is 3. The lowest BCUT2D eigenvalue weighted by Crippen LogP contribution is -2.17. The molecule has 0 aromatic carbocycles. The Kier molecular flexibility index (Phi) is 4.55. The van der Waals surface area contributed by atoms with Gasteiger partial charge in [0.1, 0.15) is 0 Å². The van der Waals surface area contributed by atoms with Gasteiger partial charge in [0, 0.05) is 11.5 Å². The van der Waals surface area contributed by atoms with Gasteiger partial charge in [-0.2, -0.15) is 0 Å². The molecule has 0 saturated heterocycles. The summed E-state index contributed by atoms with van der Waals surface area (Å²) in [6.07, 6.45) is 0.533. The molecule has 0 bridgehead atoms. The van der Waals surface area contributed by atoms with Crippen molar-refractivity contribution in [3.05, 3.63) is 11.6 Å². The highest BCUT2D eigenvalue weighted by molar-refractivity contribution is 6.02. The van der Waals surface area contributed by atoms with Gasteiger partial charge in [0.05, 0.1) is 6.42 Å². The molecule has 78 valence electrons. The van der Waals surface area contributed by atoms with Crippen molar-refractivity contribution in [2.24, 2.45) is 11.7 Å². The van der Waals surface area contributed by atoms with E-state index in [2.05, 4.69) is 0 Å². The molecule has 0 aromatic rings. The Morgan fingerprint density at radius 2 is 1.86 bits per heavy atom. The number of primary amides is 1. The number of ketones is 1. The second kappa shape index (κ2) is 5.16. The molecule has 0 spiro atoms. The smallest absolute Gasteiger partial charge is 0.332 e. The van der Waals surface area contributed by atoms with Gasteiger partial charge in [-0.25, -0.2) is 4.79 Å². The van der Waals surface area contributed by atoms with Crippen LogP contribution in [-0.2, 0) is 14.4 Å². The summed E-state index contributed by atoms with van der Waals surface area (Å²) in [4.78, 5) is 32.2. The SMILES string of the molecule is CC(C)C(=O)/C=C(/CC(N)=O)C(=O)O. The second-order valence-electron chi connectivity index (χ2n) is 3.17. The molecule has 3 N–H and O–H groups in total. The van der Waals surface area contributed by atoms with Crippen LogP contribution in [0.1, 0.15) is 20.3 Å². The predicted octanol–water partition coefficient (Wildman–Crippen LogP) is 0.0979.